The van der Waals surface area contributed by atoms with E-state index in [-0.39, 0.29) is 0 Å². The van der Waals surface area contributed by atoms with Crippen LogP contribution in [0.2, 0.25) is 0 Å². The van der Waals surface area contributed by atoms with Gasteiger partial charge in [0.1, 0.15) is 13.3 Å². The maximum absolute atomic E-state index is 11.3. The molecule has 0 aromatic heterocycles. The molecule has 0 aromatic carbocycles. The Balaban J connectivity index is 0. The van der Waals surface area contributed by atoms with Crippen molar-refractivity contribution in [3.8, 4) is 0 Å². The lowest BCUT2D eigenvalue weighted by Gasteiger charge is -1.84. The highest BCUT2D eigenvalue weighted by Crippen LogP contribution is 1.90. The third kappa shape index (κ3) is 28.0. The summed E-state index contributed by atoms with van der Waals surface area (Å²) in [7, 11) is 0. The summed E-state index contributed by atoms with van der Waals surface area (Å²) in [5.41, 5.74) is 0.461. The molecule has 0 saturated carbocycles. The molecule has 2 N–H and O–H groups in total. The fourth-order valence-corrected chi connectivity index (χ4v) is 0.186. The number of rotatable bonds is 2. The molecule has 0 unspecified atom stereocenters. The van der Waals surface area contributed by atoms with E-state index in [1.165, 1.54) is 6.08 Å². The molecule has 0 fully saturated rings. The third-order valence-electron chi connectivity index (χ3n) is 0.636. The minimum Gasteiger partial charge on any atom is -0.450 e. The number of hydrogen-bond donors (Lipinski definition) is 2. The van der Waals surface area contributed by atoms with E-state index < -0.39 is 19.5 Å². The molecule has 0 amide bonds. The first-order chi connectivity index (χ1) is 5.04. The van der Waals surface area contributed by atoms with E-state index in [0.29, 0.717) is 5.57 Å². The maximum Gasteiger partial charge on any atom is 0.503 e. The second-order valence-electron chi connectivity index (χ2n) is 1.62. The second kappa shape index (κ2) is 8.87. The molecule has 0 aromatic rings. The Hall–Kier alpha value is -1.13. The molecule has 0 spiro atoms. The Kier molecular flexibility index (Phi) is 10.1. The molecule has 0 atom stereocenters. The first kappa shape index (κ1) is 12.5. The highest BCUT2D eigenvalue weighted by atomic mass is 19.1. The van der Waals surface area contributed by atoms with Crippen molar-refractivity contribution in [1.29, 1.82) is 0 Å². The largest absolute Gasteiger partial charge is 0.503 e. The van der Waals surface area contributed by atoms with Gasteiger partial charge in [-0.25, -0.2) is 13.6 Å². The normalized spacial score (nSPS) is 9.91. The molecule has 0 saturated heterocycles. The molecule has 5 heteroatoms. The lowest BCUT2D eigenvalue weighted by Crippen LogP contribution is -1.81. The van der Waals surface area contributed by atoms with Crippen molar-refractivity contribution < 1.29 is 23.8 Å². The van der Waals surface area contributed by atoms with Crippen LogP contribution in [0.4, 0.5) is 13.6 Å². The summed E-state index contributed by atoms with van der Waals surface area (Å²) in [6.45, 7) is 0.458. The van der Waals surface area contributed by atoms with Crippen LogP contribution in [0.1, 0.15) is 6.92 Å². The molecule has 0 rings (SSSR count). The van der Waals surface area contributed by atoms with E-state index in [2.05, 4.69) is 0 Å². The number of halogens is 2. The lowest BCUT2D eigenvalue weighted by molar-refractivity contribution is 0.137. The van der Waals surface area contributed by atoms with Gasteiger partial charge in [-0.3, -0.25) is 0 Å². The predicted molar refractivity (Wildman–Crippen MR) is 36.4 cm³/mol. The fourth-order valence-electron chi connectivity index (χ4n) is 0.186. The Morgan fingerprint density at radius 3 is 1.91 bits per heavy atom. The Labute approximate surface area is 63.0 Å². The number of hydrogen-bond acceptors (Lipinski definition) is 1. The monoisotopic (exact) mass is 168 g/mol. The molecule has 0 radical (unpaired) electrons. The first-order valence-electron chi connectivity index (χ1n) is 2.74. The van der Waals surface area contributed by atoms with Gasteiger partial charge in [-0.15, -0.1) is 0 Å². The smallest absolute Gasteiger partial charge is 0.450 e. The maximum atomic E-state index is 11.3. The number of carboxylic acid groups (broad SMARTS) is 2. The first-order valence-corrected chi connectivity index (χ1v) is 2.74. The predicted octanol–water partition coefficient (Wildman–Crippen LogP) is 2.09. The van der Waals surface area contributed by atoms with Crippen molar-refractivity contribution in [2.75, 3.05) is 13.3 Å². The molecular formula is C6H10F2O3. The summed E-state index contributed by atoms with van der Waals surface area (Å²) in [5.74, 6) is 0. The van der Waals surface area contributed by atoms with Gasteiger partial charge < -0.3 is 10.2 Å². The number of carbonyl (C=O) groups is 1. The molecule has 0 aliphatic heterocycles. The van der Waals surface area contributed by atoms with Crippen LogP contribution in [0.15, 0.2) is 11.6 Å². The van der Waals surface area contributed by atoms with Crippen LogP contribution >= 0.6 is 0 Å². The summed E-state index contributed by atoms with van der Waals surface area (Å²) in [6, 6.07) is 0. The molecular weight excluding hydrogens is 158 g/mol. The zero-order valence-corrected chi connectivity index (χ0v) is 6.05. The van der Waals surface area contributed by atoms with Gasteiger partial charge in [0.25, 0.3) is 0 Å². The summed E-state index contributed by atoms with van der Waals surface area (Å²) in [6.07, 6.45) is -0.611. The Morgan fingerprint density at radius 1 is 1.45 bits per heavy atom. The van der Waals surface area contributed by atoms with E-state index in [0.717, 1.165) is 0 Å². The SMILES string of the molecule is CC(=CCF)CF.O=C(O)O. The van der Waals surface area contributed by atoms with Gasteiger partial charge in [0.15, 0.2) is 0 Å². The van der Waals surface area contributed by atoms with Crippen LogP contribution in [-0.4, -0.2) is 29.7 Å². The van der Waals surface area contributed by atoms with Crippen LogP contribution in [0, 0.1) is 0 Å². The minimum absolute atomic E-state index is 0.461. The summed E-state index contributed by atoms with van der Waals surface area (Å²) >= 11 is 0. The highest BCUT2D eigenvalue weighted by Gasteiger charge is 1.81. The van der Waals surface area contributed by atoms with Gasteiger partial charge in [0.05, 0.1) is 0 Å². The van der Waals surface area contributed by atoms with Gasteiger partial charge >= 0.3 is 6.16 Å². The van der Waals surface area contributed by atoms with Crippen LogP contribution in [0.5, 0.6) is 0 Å². The van der Waals surface area contributed by atoms with Gasteiger partial charge in [-0.05, 0) is 12.5 Å². The molecule has 0 bridgehead atoms. The fraction of sp³-hybridized carbons (Fsp3) is 0.500. The molecule has 11 heavy (non-hydrogen) atoms. The van der Waals surface area contributed by atoms with Crippen LogP contribution in [0.25, 0.3) is 0 Å². The Bertz CT molecular complexity index is 130. The summed E-state index contributed by atoms with van der Waals surface area (Å²) < 4.78 is 22.5. The van der Waals surface area contributed by atoms with Crippen molar-refractivity contribution in [1.82, 2.24) is 0 Å². The van der Waals surface area contributed by atoms with Gasteiger partial charge in [0.2, 0.25) is 0 Å². The molecule has 0 heterocycles. The quantitative estimate of drug-likeness (QED) is 0.620. The average Bonchev–Trinajstić information content (AvgIpc) is 1.87. The van der Waals surface area contributed by atoms with Gasteiger partial charge in [0, 0.05) is 0 Å². The zero-order valence-electron chi connectivity index (χ0n) is 6.05. The highest BCUT2D eigenvalue weighted by molar-refractivity contribution is 5.53. The lowest BCUT2D eigenvalue weighted by atomic mass is 10.3. The third-order valence-corrected chi connectivity index (χ3v) is 0.636. The van der Waals surface area contributed by atoms with Gasteiger partial charge in [-0.1, -0.05) is 6.08 Å². The van der Waals surface area contributed by atoms with E-state index in [4.69, 9.17) is 15.0 Å². The van der Waals surface area contributed by atoms with Crippen molar-refractivity contribution >= 4 is 6.16 Å². The minimum atomic E-state index is -1.83. The van der Waals surface area contributed by atoms with Crippen molar-refractivity contribution in [2.24, 2.45) is 0 Å². The Morgan fingerprint density at radius 2 is 1.82 bits per heavy atom. The van der Waals surface area contributed by atoms with E-state index in [1.54, 1.807) is 6.92 Å². The van der Waals surface area contributed by atoms with Crippen LogP contribution < -0.4 is 0 Å². The van der Waals surface area contributed by atoms with E-state index >= 15 is 0 Å². The van der Waals surface area contributed by atoms with Crippen LogP contribution in [-0.2, 0) is 0 Å². The average molecular weight is 168 g/mol. The topological polar surface area (TPSA) is 57.5 Å². The van der Waals surface area contributed by atoms with Crippen molar-refractivity contribution in [3.63, 3.8) is 0 Å². The van der Waals surface area contributed by atoms with Crippen molar-refractivity contribution in [3.05, 3.63) is 11.6 Å². The van der Waals surface area contributed by atoms with Crippen LogP contribution in [0.3, 0.4) is 0 Å². The molecule has 0 aliphatic rings. The zero-order chi connectivity index (χ0) is 9.28. The molecule has 66 valence electrons. The number of allylic oxidation sites excluding steroid dienone is 2. The van der Waals surface area contributed by atoms with E-state index in [1.807, 2.05) is 0 Å². The molecule has 0 aliphatic carbocycles. The summed E-state index contributed by atoms with van der Waals surface area (Å²) in [4.78, 5) is 8.56. The number of alkyl halides is 2. The molecule has 3 nitrogen and oxygen atoms in total. The van der Waals surface area contributed by atoms with Crippen molar-refractivity contribution in [2.45, 2.75) is 6.92 Å². The second-order valence-corrected chi connectivity index (χ2v) is 1.62. The van der Waals surface area contributed by atoms with Gasteiger partial charge in [-0.2, -0.15) is 0 Å². The standard InChI is InChI=1S/C5H8F2.CH2O3/c1-5(4-7)2-3-6;2-1(3)4/h2H,3-4H2,1H3;(H2,2,3,4). The van der Waals surface area contributed by atoms with E-state index in [9.17, 15) is 8.78 Å². The summed E-state index contributed by atoms with van der Waals surface area (Å²) in [5, 5.41) is 13.9.